The first-order valence-corrected chi connectivity index (χ1v) is 5.17. The van der Waals surface area contributed by atoms with E-state index >= 15 is 0 Å². The van der Waals surface area contributed by atoms with Crippen LogP contribution in [-0.2, 0) is 0 Å². The van der Waals surface area contributed by atoms with Crippen molar-refractivity contribution in [3.63, 3.8) is 0 Å². The summed E-state index contributed by atoms with van der Waals surface area (Å²) in [5.74, 6) is 0.819. The van der Waals surface area contributed by atoms with Gasteiger partial charge in [-0.2, -0.15) is 5.10 Å². The Morgan fingerprint density at radius 3 is 3.19 bits per heavy atom. The molecule has 0 aliphatic carbocycles. The summed E-state index contributed by atoms with van der Waals surface area (Å²) in [5.41, 5.74) is 6.14. The Kier molecular flexibility index (Phi) is 1.93. The summed E-state index contributed by atoms with van der Waals surface area (Å²) in [7, 11) is 0. The third-order valence-corrected chi connectivity index (χ3v) is 2.84. The molecule has 3 N–H and O–H groups in total. The third kappa shape index (κ3) is 1.36. The second kappa shape index (κ2) is 3.31. The molecule has 84 valence electrons. The summed E-state index contributed by atoms with van der Waals surface area (Å²) in [6.07, 6.45) is 2.46. The highest BCUT2D eigenvalue weighted by molar-refractivity contribution is 5.50. The number of rotatable bonds is 1. The standard InChI is InChI=1S/C9H12N6O/c10-6-1-2-14(4-6)7-3-8-12-13-9(16)15(8)5-11-7/h3,5-6H,1-2,4,10H2,(H,13,16). The molecule has 0 amide bonds. The molecule has 7 heteroatoms. The van der Waals surface area contributed by atoms with Crippen molar-refractivity contribution >= 4 is 11.5 Å². The lowest BCUT2D eigenvalue weighted by Crippen LogP contribution is -2.27. The van der Waals surface area contributed by atoms with Crippen LogP contribution >= 0.6 is 0 Å². The van der Waals surface area contributed by atoms with Gasteiger partial charge >= 0.3 is 5.69 Å². The predicted octanol–water partition coefficient (Wildman–Crippen LogP) is -1.05. The van der Waals surface area contributed by atoms with Crippen LogP contribution in [-0.4, -0.2) is 38.7 Å². The second-order valence-electron chi connectivity index (χ2n) is 4.00. The average molecular weight is 220 g/mol. The van der Waals surface area contributed by atoms with E-state index in [0.717, 1.165) is 25.3 Å². The van der Waals surface area contributed by atoms with Gasteiger partial charge in [0, 0.05) is 25.2 Å². The van der Waals surface area contributed by atoms with Gasteiger partial charge in [0.2, 0.25) is 0 Å². The van der Waals surface area contributed by atoms with Gasteiger partial charge in [0.05, 0.1) is 0 Å². The van der Waals surface area contributed by atoms with Gasteiger partial charge < -0.3 is 10.6 Å². The molecule has 0 saturated carbocycles. The maximum atomic E-state index is 11.2. The molecule has 3 rings (SSSR count). The van der Waals surface area contributed by atoms with Crippen molar-refractivity contribution in [2.24, 2.45) is 5.73 Å². The topological polar surface area (TPSA) is 92.3 Å². The number of nitrogens with two attached hydrogens (primary N) is 1. The first-order chi connectivity index (χ1) is 7.74. The van der Waals surface area contributed by atoms with Crippen molar-refractivity contribution in [2.45, 2.75) is 12.5 Å². The van der Waals surface area contributed by atoms with Gasteiger partial charge in [-0.3, -0.25) is 0 Å². The van der Waals surface area contributed by atoms with Crippen LogP contribution < -0.4 is 16.3 Å². The Hall–Kier alpha value is -1.89. The number of aromatic nitrogens is 4. The monoisotopic (exact) mass is 220 g/mol. The van der Waals surface area contributed by atoms with E-state index in [1.807, 2.05) is 0 Å². The van der Waals surface area contributed by atoms with Crippen LogP contribution in [0.3, 0.4) is 0 Å². The van der Waals surface area contributed by atoms with Crippen LogP contribution in [0.25, 0.3) is 5.65 Å². The van der Waals surface area contributed by atoms with E-state index in [1.165, 1.54) is 10.7 Å². The fraction of sp³-hybridized carbons (Fsp3) is 0.444. The molecule has 1 aliphatic rings. The van der Waals surface area contributed by atoms with Crippen molar-refractivity contribution in [2.75, 3.05) is 18.0 Å². The number of fused-ring (bicyclic) bond motifs is 1. The molecular formula is C9H12N6O. The highest BCUT2D eigenvalue weighted by atomic mass is 16.1. The van der Waals surface area contributed by atoms with Gasteiger partial charge in [-0.1, -0.05) is 0 Å². The quantitative estimate of drug-likeness (QED) is 0.640. The normalized spacial score (nSPS) is 20.8. The maximum Gasteiger partial charge on any atom is 0.348 e. The van der Waals surface area contributed by atoms with Crippen LogP contribution in [0.15, 0.2) is 17.2 Å². The number of aromatic amines is 1. The lowest BCUT2D eigenvalue weighted by molar-refractivity contribution is 0.751. The number of hydrogen-bond acceptors (Lipinski definition) is 5. The van der Waals surface area contributed by atoms with E-state index in [1.54, 1.807) is 6.07 Å². The van der Waals surface area contributed by atoms with Crippen molar-refractivity contribution in [1.82, 2.24) is 19.6 Å². The zero-order valence-corrected chi connectivity index (χ0v) is 8.63. The fourth-order valence-electron chi connectivity index (χ4n) is 1.97. The molecular weight excluding hydrogens is 208 g/mol. The van der Waals surface area contributed by atoms with Gasteiger partial charge in [0.1, 0.15) is 12.1 Å². The van der Waals surface area contributed by atoms with Crippen LogP contribution in [0.5, 0.6) is 0 Å². The predicted molar refractivity (Wildman–Crippen MR) is 58.4 cm³/mol. The lowest BCUT2D eigenvalue weighted by atomic mass is 10.3. The van der Waals surface area contributed by atoms with Gasteiger partial charge in [0.25, 0.3) is 0 Å². The summed E-state index contributed by atoms with van der Waals surface area (Å²) >= 11 is 0. The maximum absolute atomic E-state index is 11.2. The smallest absolute Gasteiger partial charge is 0.348 e. The van der Waals surface area contributed by atoms with E-state index in [0.29, 0.717) is 5.65 Å². The van der Waals surface area contributed by atoms with Crippen molar-refractivity contribution in [1.29, 1.82) is 0 Å². The van der Waals surface area contributed by atoms with E-state index in [9.17, 15) is 4.79 Å². The average Bonchev–Trinajstić information content (AvgIpc) is 2.86. The molecule has 0 aromatic carbocycles. The molecule has 1 aliphatic heterocycles. The highest BCUT2D eigenvalue weighted by Crippen LogP contribution is 2.17. The minimum Gasteiger partial charge on any atom is -0.355 e. The number of nitrogens with one attached hydrogen (secondary N) is 1. The zero-order valence-electron chi connectivity index (χ0n) is 8.63. The van der Waals surface area contributed by atoms with Crippen molar-refractivity contribution in [3.8, 4) is 0 Å². The Balaban J connectivity index is 2.02. The Morgan fingerprint density at radius 2 is 2.44 bits per heavy atom. The molecule has 0 spiro atoms. The molecule has 2 aromatic heterocycles. The number of anilines is 1. The van der Waals surface area contributed by atoms with Crippen molar-refractivity contribution < 1.29 is 0 Å². The lowest BCUT2D eigenvalue weighted by Gasteiger charge is -2.16. The molecule has 1 saturated heterocycles. The van der Waals surface area contributed by atoms with Crippen LogP contribution in [0.1, 0.15) is 6.42 Å². The molecule has 0 bridgehead atoms. The van der Waals surface area contributed by atoms with Gasteiger partial charge in [-0.05, 0) is 6.42 Å². The SMILES string of the molecule is NC1CCN(c2cc3n[nH]c(=O)n3cn2)C1. The first-order valence-electron chi connectivity index (χ1n) is 5.17. The summed E-state index contributed by atoms with van der Waals surface area (Å²) in [5, 5.41) is 6.27. The molecule has 7 nitrogen and oxygen atoms in total. The van der Waals surface area contributed by atoms with Gasteiger partial charge in [0.15, 0.2) is 5.65 Å². The summed E-state index contributed by atoms with van der Waals surface area (Å²) < 4.78 is 1.37. The van der Waals surface area contributed by atoms with Crippen LogP contribution in [0, 0.1) is 0 Å². The molecule has 2 aromatic rings. The van der Waals surface area contributed by atoms with Crippen molar-refractivity contribution in [3.05, 3.63) is 22.9 Å². The van der Waals surface area contributed by atoms with Crippen LogP contribution in [0.4, 0.5) is 5.82 Å². The minimum atomic E-state index is -0.271. The van der Waals surface area contributed by atoms with E-state index in [2.05, 4.69) is 20.1 Å². The summed E-state index contributed by atoms with van der Waals surface area (Å²) in [4.78, 5) is 17.6. The number of H-pyrrole nitrogens is 1. The zero-order chi connectivity index (χ0) is 11.1. The van der Waals surface area contributed by atoms with E-state index < -0.39 is 0 Å². The minimum absolute atomic E-state index is 0.208. The molecule has 0 radical (unpaired) electrons. The summed E-state index contributed by atoms with van der Waals surface area (Å²) in [6.45, 7) is 1.71. The van der Waals surface area contributed by atoms with E-state index in [4.69, 9.17) is 5.73 Å². The summed E-state index contributed by atoms with van der Waals surface area (Å²) in [6, 6.07) is 2.00. The molecule has 3 heterocycles. The highest BCUT2D eigenvalue weighted by Gasteiger charge is 2.20. The number of nitrogens with zero attached hydrogens (tertiary/aromatic N) is 4. The largest absolute Gasteiger partial charge is 0.355 e. The molecule has 1 unspecified atom stereocenters. The molecule has 1 fully saturated rings. The molecule has 1 atom stereocenters. The first kappa shape index (κ1) is 9.34. The molecule has 16 heavy (non-hydrogen) atoms. The van der Waals surface area contributed by atoms with E-state index in [-0.39, 0.29) is 11.7 Å². The second-order valence-corrected chi connectivity index (χ2v) is 4.00. The number of hydrogen-bond donors (Lipinski definition) is 2. The Morgan fingerprint density at radius 1 is 1.56 bits per heavy atom. The fourth-order valence-corrected chi connectivity index (χ4v) is 1.97. The third-order valence-electron chi connectivity index (χ3n) is 2.84. The van der Waals surface area contributed by atoms with Crippen LogP contribution in [0.2, 0.25) is 0 Å². The van der Waals surface area contributed by atoms with Gasteiger partial charge in [-0.25, -0.2) is 19.3 Å². The Labute approximate surface area is 90.9 Å². The van der Waals surface area contributed by atoms with Gasteiger partial charge in [-0.15, -0.1) is 0 Å². The Bertz CT molecular complexity index is 573.